The van der Waals surface area contributed by atoms with Crippen LogP contribution >= 0.6 is 0 Å². The summed E-state index contributed by atoms with van der Waals surface area (Å²) in [5.74, 6) is -0.439. The Morgan fingerprint density at radius 2 is 2.00 bits per heavy atom. The summed E-state index contributed by atoms with van der Waals surface area (Å²) >= 11 is 0. The molecule has 2 atom stereocenters. The molecule has 0 aromatic heterocycles. The van der Waals surface area contributed by atoms with Crippen LogP contribution in [0.4, 0.5) is 4.39 Å². The fourth-order valence-electron chi connectivity index (χ4n) is 1.71. The third-order valence-corrected chi connectivity index (χ3v) is 3.31. The van der Waals surface area contributed by atoms with Gasteiger partial charge < -0.3 is 15.8 Å². The normalized spacial score (nSPS) is 14.4. The van der Waals surface area contributed by atoms with Crippen molar-refractivity contribution in [1.82, 2.24) is 5.32 Å². The van der Waals surface area contributed by atoms with E-state index < -0.39 is 11.9 Å². The minimum atomic E-state index is -0.594. The number of rotatable bonds is 6. The maximum absolute atomic E-state index is 13.5. The van der Waals surface area contributed by atoms with Crippen molar-refractivity contribution in [3.05, 3.63) is 30.1 Å². The van der Waals surface area contributed by atoms with Gasteiger partial charge in [-0.25, -0.2) is 4.39 Å². The lowest BCUT2D eigenvalue weighted by atomic mass is 9.87. The fourth-order valence-corrected chi connectivity index (χ4v) is 1.71. The molecule has 0 aliphatic rings. The largest absolute Gasteiger partial charge is 0.486 e. The second kappa shape index (κ2) is 7.41. The molecule has 0 aliphatic heterocycles. The van der Waals surface area contributed by atoms with Gasteiger partial charge in [0, 0.05) is 0 Å². The van der Waals surface area contributed by atoms with Crippen LogP contribution in [0.15, 0.2) is 24.3 Å². The van der Waals surface area contributed by atoms with E-state index in [4.69, 9.17) is 10.5 Å². The highest BCUT2D eigenvalue weighted by molar-refractivity contribution is 5.82. The van der Waals surface area contributed by atoms with Crippen molar-refractivity contribution in [2.45, 2.75) is 46.3 Å². The molecule has 21 heavy (non-hydrogen) atoms. The average Bonchev–Trinajstić information content (AvgIpc) is 2.43. The minimum Gasteiger partial charge on any atom is -0.486 e. The first-order valence-corrected chi connectivity index (χ1v) is 7.20. The van der Waals surface area contributed by atoms with Crippen LogP contribution in [-0.2, 0) is 4.79 Å². The number of benzene rings is 1. The number of amides is 1. The van der Waals surface area contributed by atoms with E-state index in [1.54, 1.807) is 18.2 Å². The molecular formula is C16H25FN2O2. The molecule has 0 fully saturated rings. The van der Waals surface area contributed by atoms with Crippen molar-refractivity contribution < 1.29 is 13.9 Å². The molecular weight excluding hydrogens is 271 g/mol. The van der Waals surface area contributed by atoms with Crippen LogP contribution in [0.5, 0.6) is 5.75 Å². The van der Waals surface area contributed by atoms with Gasteiger partial charge in [0.25, 0.3) is 0 Å². The van der Waals surface area contributed by atoms with Crippen molar-refractivity contribution >= 4 is 5.91 Å². The van der Waals surface area contributed by atoms with Crippen molar-refractivity contribution in [3.8, 4) is 5.75 Å². The zero-order chi connectivity index (χ0) is 16.0. The third-order valence-electron chi connectivity index (χ3n) is 3.31. The minimum absolute atomic E-state index is 0.193. The Morgan fingerprint density at radius 3 is 2.52 bits per heavy atom. The van der Waals surface area contributed by atoms with Gasteiger partial charge in [0.05, 0.1) is 12.6 Å². The Hall–Kier alpha value is -1.62. The first kappa shape index (κ1) is 17.4. The number of para-hydroxylation sites is 1. The summed E-state index contributed by atoms with van der Waals surface area (Å²) in [6.45, 7) is 7.94. The van der Waals surface area contributed by atoms with E-state index >= 15 is 0 Å². The molecule has 1 amide bonds. The summed E-state index contributed by atoms with van der Waals surface area (Å²) in [6, 6.07) is 5.63. The van der Waals surface area contributed by atoms with E-state index in [2.05, 4.69) is 5.32 Å². The Morgan fingerprint density at radius 1 is 1.38 bits per heavy atom. The molecule has 1 unspecified atom stereocenters. The molecule has 1 aromatic rings. The average molecular weight is 296 g/mol. The van der Waals surface area contributed by atoms with Crippen LogP contribution < -0.4 is 15.8 Å². The molecule has 0 radical (unpaired) electrons. The molecule has 0 saturated heterocycles. The van der Waals surface area contributed by atoms with Gasteiger partial charge in [0.1, 0.15) is 6.10 Å². The van der Waals surface area contributed by atoms with Crippen LogP contribution in [0.3, 0.4) is 0 Å². The van der Waals surface area contributed by atoms with Gasteiger partial charge in [-0.05, 0) is 24.0 Å². The van der Waals surface area contributed by atoms with Gasteiger partial charge in [-0.3, -0.25) is 4.79 Å². The molecule has 0 aliphatic carbocycles. The van der Waals surface area contributed by atoms with E-state index in [0.29, 0.717) is 13.0 Å². The first-order valence-electron chi connectivity index (χ1n) is 7.20. The van der Waals surface area contributed by atoms with Crippen molar-refractivity contribution in [2.24, 2.45) is 11.1 Å². The van der Waals surface area contributed by atoms with E-state index in [9.17, 15) is 9.18 Å². The van der Waals surface area contributed by atoms with Crippen LogP contribution in [0.2, 0.25) is 0 Å². The highest BCUT2D eigenvalue weighted by atomic mass is 19.1. The van der Waals surface area contributed by atoms with E-state index in [1.165, 1.54) is 6.07 Å². The fraction of sp³-hybridized carbons (Fsp3) is 0.562. The summed E-state index contributed by atoms with van der Waals surface area (Å²) in [5.41, 5.74) is 5.58. The van der Waals surface area contributed by atoms with E-state index in [0.717, 1.165) is 0 Å². The molecule has 0 spiro atoms. The number of hydrogen-bond donors (Lipinski definition) is 2. The molecule has 3 N–H and O–H groups in total. The lowest BCUT2D eigenvalue weighted by Gasteiger charge is -2.27. The summed E-state index contributed by atoms with van der Waals surface area (Å²) in [4.78, 5) is 12.0. The highest BCUT2D eigenvalue weighted by Gasteiger charge is 2.27. The predicted octanol–water partition coefficient (Wildman–Crippen LogP) is 2.47. The maximum Gasteiger partial charge on any atom is 0.237 e. The van der Waals surface area contributed by atoms with Gasteiger partial charge >= 0.3 is 0 Å². The zero-order valence-corrected chi connectivity index (χ0v) is 13.2. The Kier molecular flexibility index (Phi) is 6.15. The third kappa shape index (κ3) is 5.34. The van der Waals surface area contributed by atoms with Crippen molar-refractivity contribution in [2.75, 3.05) is 6.54 Å². The van der Waals surface area contributed by atoms with Gasteiger partial charge in [0.2, 0.25) is 5.91 Å². The molecule has 0 saturated carbocycles. The van der Waals surface area contributed by atoms with Crippen LogP contribution in [0.1, 0.15) is 34.1 Å². The smallest absolute Gasteiger partial charge is 0.237 e. The number of ether oxygens (including phenoxy) is 1. The van der Waals surface area contributed by atoms with Gasteiger partial charge in [-0.2, -0.15) is 0 Å². The van der Waals surface area contributed by atoms with Crippen molar-refractivity contribution in [1.29, 1.82) is 0 Å². The standard InChI is InChI=1S/C16H25FN2O2/c1-5-11(21-13-9-7-6-8-12(13)17)10-19-15(20)14(18)16(2,3)4/h6-9,11,14H,5,10,18H2,1-4H3,(H,19,20)/t11?,14-/m1/s1. The lowest BCUT2D eigenvalue weighted by molar-refractivity contribution is -0.124. The number of nitrogens with two attached hydrogens (primary N) is 1. The monoisotopic (exact) mass is 296 g/mol. The SMILES string of the molecule is CCC(CNC(=O)[C@@H](N)C(C)(C)C)Oc1ccccc1F. The van der Waals surface area contributed by atoms with Crippen molar-refractivity contribution in [3.63, 3.8) is 0 Å². The summed E-state index contributed by atoms with van der Waals surface area (Å²) in [7, 11) is 0. The zero-order valence-electron chi connectivity index (χ0n) is 13.2. The van der Waals surface area contributed by atoms with Crippen LogP contribution in [0, 0.1) is 11.2 Å². The number of carbonyl (C=O) groups is 1. The van der Waals surface area contributed by atoms with E-state index in [1.807, 2.05) is 27.7 Å². The Bertz CT molecular complexity index is 472. The number of halogens is 1. The summed E-state index contributed by atoms with van der Waals surface area (Å²) < 4.78 is 19.1. The van der Waals surface area contributed by atoms with E-state index in [-0.39, 0.29) is 23.2 Å². The Balaban J connectivity index is 2.56. The highest BCUT2D eigenvalue weighted by Crippen LogP contribution is 2.19. The van der Waals surface area contributed by atoms with Gasteiger partial charge in [0.15, 0.2) is 11.6 Å². The molecule has 0 heterocycles. The summed E-state index contributed by atoms with van der Waals surface area (Å²) in [5, 5.41) is 2.77. The van der Waals surface area contributed by atoms with Crippen LogP contribution in [0.25, 0.3) is 0 Å². The second-order valence-electron chi connectivity index (χ2n) is 6.17. The summed E-state index contributed by atoms with van der Waals surface area (Å²) in [6.07, 6.45) is 0.359. The molecule has 1 aromatic carbocycles. The second-order valence-corrected chi connectivity index (χ2v) is 6.17. The molecule has 4 nitrogen and oxygen atoms in total. The first-order chi connectivity index (χ1) is 9.75. The predicted molar refractivity (Wildman–Crippen MR) is 81.5 cm³/mol. The topological polar surface area (TPSA) is 64.4 Å². The number of hydrogen-bond acceptors (Lipinski definition) is 3. The molecule has 1 rings (SSSR count). The number of carbonyl (C=O) groups excluding carboxylic acids is 1. The molecule has 118 valence electrons. The van der Waals surface area contributed by atoms with Gasteiger partial charge in [-0.15, -0.1) is 0 Å². The Labute approximate surface area is 125 Å². The number of nitrogens with one attached hydrogen (secondary N) is 1. The van der Waals surface area contributed by atoms with Crippen LogP contribution in [-0.4, -0.2) is 24.6 Å². The molecule has 0 bridgehead atoms. The lowest BCUT2D eigenvalue weighted by Crippen LogP contribution is -2.50. The molecule has 5 heteroatoms. The maximum atomic E-state index is 13.5. The van der Waals surface area contributed by atoms with Gasteiger partial charge in [-0.1, -0.05) is 39.8 Å². The quantitative estimate of drug-likeness (QED) is 0.847.